The van der Waals surface area contributed by atoms with Gasteiger partial charge in [-0.25, -0.2) is 8.78 Å². The van der Waals surface area contributed by atoms with Crippen LogP contribution in [0, 0.1) is 17.0 Å². The quantitative estimate of drug-likeness (QED) is 0.791. The Kier molecular flexibility index (Phi) is 5.74. The second-order valence-corrected chi connectivity index (χ2v) is 6.64. The van der Waals surface area contributed by atoms with Crippen molar-refractivity contribution in [2.45, 2.75) is 64.8 Å². The molecule has 0 bridgehead atoms. The van der Waals surface area contributed by atoms with E-state index in [0.29, 0.717) is 12.0 Å². The minimum absolute atomic E-state index is 0.187. The smallest absolute Gasteiger partial charge is 0.162 e. The molecule has 2 rings (SSSR count). The maximum absolute atomic E-state index is 14.0. The molecule has 1 aliphatic carbocycles. The van der Waals surface area contributed by atoms with Gasteiger partial charge in [-0.1, -0.05) is 45.2 Å². The molecule has 0 aliphatic heterocycles. The highest BCUT2D eigenvalue weighted by Crippen LogP contribution is 2.40. The Morgan fingerprint density at radius 3 is 2.57 bits per heavy atom. The van der Waals surface area contributed by atoms with E-state index in [1.54, 1.807) is 12.1 Å². The van der Waals surface area contributed by atoms with E-state index in [1.807, 2.05) is 0 Å². The molecule has 1 saturated carbocycles. The van der Waals surface area contributed by atoms with Gasteiger partial charge in [0.1, 0.15) is 0 Å². The summed E-state index contributed by atoms with van der Waals surface area (Å²) in [5.41, 5.74) is 0.682. The highest BCUT2D eigenvalue weighted by Gasteiger charge is 2.35. The molecule has 1 unspecified atom stereocenters. The van der Waals surface area contributed by atoms with Crippen LogP contribution in [0.15, 0.2) is 18.2 Å². The average molecular weight is 295 g/mol. The first kappa shape index (κ1) is 16.4. The molecule has 1 fully saturated rings. The Morgan fingerprint density at radius 1 is 1.19 bits per heavy atom. The van der Waals surface area contributed by atoms with Gasteiger partial charge in [0.25, 0.3) is 0 Å². The van der Waals surface area contributed by atoms with Crippen molar-refractivity contribution >= 4 is 0 Å². The second kappa shape index (κ2) is 7.35. The average Bonchev–Trinajstić information content (AvgIpc) is 2.48. The topological polar surface area (TPSA) is 12.0 Å². The molecule has 21 heavy (non-hydrogen) atoms. The summed E-state index contributed by atoms with van der Waals surface area (Å²) in [6, 6.07) is 4.73. The molecule has 1 aromatic rings. The summed E-state index contributed by atoms with van der Waals surface area (Å²) in [5, 5.41) is 3.59. The highest BCUT2D eigenvalue weighted by atomic mass is 19.2. The molecule has 3 heteroatoms. The van der Waals surface area contributed by atoms with Crippen LogP contribution in [0.1, 0.15) is 57.9 Å². The zero-order chi connectivity index (χ0) is 15.3. The van der Waals surface area contributed by atoms with Crippen molar-refractivity contribution in [1.29, 1.82) is 0 Å². The maximum Gasteiger partial charge on any atom is 0.162 e. The number of halogens is 2. The van der Waals surface area contributed by atoms with Gasteiger partial charge in [-0.2, -0.15) is 0 Å². The van der Waals surface area contributed by atoms with Gasteiger partial charge in [0.2, 0.25) is 0 Å². The Morgan fingerprint density at radius 2 is 1.90 bits per heavy atom. The Hall–Kier alpha value is -0.960. The molecule has 1 aliphatic rings. The van der Waals surface area contributed by atoms with E-state index in [2.05, 4.69) is 19.2 Å². The Labute approximate surface area is 127 Å². The van der Waals surface area contributed by atoms with Crippen molar-refractivity contribution in [3.8, 4) is 0 Å². The molecule has 0 aromatic heterocycles. The van der Waals surface area contributed by atoms with Crippen LogP contribution in [0.25, 0.3) is 0 Å². The fourth-order valence-electron chi connectivity index (χ4n) is 3.52. The van der Waals surface area contributed by atoms with Crippen molar-refractivity contribution in [3.05, 3.63) is 35.4 Å². The van der Waals surface area contributed by atoms with Crippen LogP contribution in [0.2, 0.25) is 0 Å². The van der Waals surface area contributed by atoms with E-state index in [0.717, 1.165) is 13.0 Å². The summed E-state index contributed by atoms with van der Waals surface area (Å²) in [6.07, 6.45) is 7.75. The third kappa shape index (κ3) is 4.03. The maximum atomic E-state index is 14.0. The number of benzene rings is 1. The Balaban J connectivity index is 2.17. The van der Waals surface area contributed by atoms with Crippen molar-refractivity contribution in [1.82, 2.24) is 5.32 Å². The summed E-state index contributed by atoms with van der Waals surface area (Å²) in [5.74, 6) is -1.42. The largest absolute Gasteiger partial charge is 0.313 e. The summed E-state index contributed by atoms with van der Waals surface area (Å²) >= 11 is 0. The molecule has 0 heterocycles. The van der Waals surface area contributed by atoms with Crippen LogP contribution in [0.3, 0.4) is 0 Å². The lowest BCUT2D eigenvalue weighted by Gasteiger charge is -2.41. The van der Waals surface area contributed by atoms with Gasteiger partial charge in [0, 0.05) is 6.04 Å². The van der Waals surface area contributed by atoms with Gasteiger partial charge < -0.3 is 5.32 Å². The fourth-order valence-corrected chi connectivity index (χ4v) is 3.52. The highest BCUT2D eigenvalue weighted by molar-refractivity contribution is 5.20. The minimum Gasteiger partial charge on any atom is -0.313 e. The summed E-state index contributed by atoms with van der Waals surface area (Å²) in [7, 11) is 0. The lowest BCUT2D eigenvalue weighted by Crippen LogP contribution is -2.46. The lowest BCUT2D eigenvalue weighted by atomic mass is 9.69. The fraction of sp³-hybridized carbons (Fsp3) is 0.667. The van der Waals surface area contributed by atoms with Gasteiger partial charge in [-0.05, 0) is 49.3 Å². The molecule has 1 atom stereocenters. The van der Waals surface area contributed by atoms with Gasteiger partial charge >= 0.3 is 0 Å². The van der Waals surface area contributed by atoms with Crippen LogP contribution in [0.4, 0.5) is 8.78 Å². The summed E-state index contributed by atoms with van der Waals surface area (Å²) < 4.78 is 27.4. The molecule has 0 spiro atoms. The monoisotopic (exact) mass is 295 g/mol. The van der Waals surface area contributed by atoms with Gasteiger partial charge in [0.15, 0.2) is 11.6 Å². The number of nitrogens with one attached hydrogen (secondary N) is 1. The summed E-state index contributed by atoms with van der Waals surface area (Å²) in [6.45, 7) is 5.36. The van der Waals surface area contributed by atoms with Crippen LogP contribution in [-0.4, -0.2) is 12.6 Å². The first-order chi connectivity index (χ1) is 10.1. The van der Waals surface area contributed by atoms with Crippen molar-refractivity contribution < 1.29 is 8.78 Å². The first-order valence-electron chi connectivity index (χ1n) is 8.23. The lowest BCUT2D eigenvalue weighted by molar-refractivity contribution is 0.143. The predicted molar refractivity (Wildman–Crippen MR) is 83.3 cm³/mol. The standard InChI is InChI=1S/C18H27F2N/c1-3-12-21-16(18(2)10-5-4-6-11-18)13-14-8-7-9-15(19)17(14)20/h7-9,16,21H,3-6,10-13H2,1-2H3. The van der Waals surface area contributed by atoms with E-state index in [9.17, 15) is 8.78 Å². The van der Waals surface area contributed by atoms with Gasteiger partial charge in [-0.15, -0.1) is 0 Å². The Bertz CT molecular complexity index is 453. The molecule has 0 saturated heterocycles. The number of hydrogen-bond acceptors (Lipinski definition) is 1. The minimum atomic E-state index is -0.740. The zero-order valence-corrected chi connectivity index (χ0v) is 13.2. The zero-order valence-electron chi connectivity index (χ0n) is 13.2. The van der Waals surface area contributed by atoms with Crippen LogP contribution >= 0.6 is 0 Å². The molecule has 1 aromatic carbocycles. The van der Waals surface area contributed by atoms with E-state index in [1.165, 1.54) is 38.2 Å². The third-order valence-corrected chi connectivity index (χ3v) is 4.93. The van der Waals surface area contributed by atoms with Crippen molar-refractivity contribution in [2.24, 2.45) is 5.41 Å². The van der Waals surface area contributed by atoms with E-state index >= 15 is 0 Å². The van der Waals surface area contributed by atoms with Crippen molar-refractivity contribution in [3.63, 3.8) is 0 Å². The molecule has 0 radical (unpaired) electrons. The molecule has 0 amide bonds. The SMILES string of the molecule is CCCNC(Cc1cccc(F)c1F)C1(C)CCCCC1. The predicted octanol–water partition coefficient (Wildman–Crippen LogP) is 4.85. The third-order valence-electron chi connectivity index (χ3n) is 4.93. The number of hydrogen-bond donors (Lipinski definition) is 1. The molecule has 1 nitrogen and oxygen atoms in total. The van der Waals surface area contributed by atoms with Crippen LogP contribution in [-0.2, 0) is 6.42 Å². The molecule has 118 valence electrons. The second-order valence-electron chi connectivity index (χ2n) is 6.64. The van der Waals surface area contributed by atoms with Crippen LogP contribution < -0.4 is 5.32 Å². The molecule has 1 N–H and O–H groups in total. The van der Waals surface area contributed by atoms with Crippen molar-refractivity contribution in [2.75, 3.05) is 6.54 Å². The number of rotatable bonds is 6. The van der Waals surface area contributed by atoms with E-state index in [4.69, 9.17) is 0 Å². The summed E-state index contributed by atoms with van der Waals surface area (Å²) in [4.78, 5) is 0. The van der Waals surface area contributed by atoms with E-state index in [-0.39, 0.29) is 11.5 Å². The first-order valence-corrected chi connectivity index (χ1v) is 8.23. The normalized spacial score (nSPS) is 19.4. The molecular formula is C18H27F2N. The van der Waals surface area contributed by atoms with Gasteiger partial charge in [0.05, 0.1) is 0 Å². The van der Waals surface area contributed by atoms with E-state index < -0.39 is 11.6 Å². The van der Waals surface area contributed by atoms with Gasteiger partial charge in [-0.3, -0.25) is 0 Å². The van der Waals surface area contributed by atoms with Crippen LogP contribution in [0.5, 0.6) is 0 Å². The molecular weight excluding hydrogens is 268 g/mol.